The molecule has 23 heavy (non-hydrogen) atoms. The van der Waals surface area contributed by atoms with Gasteiger partial charge in [0.1, 0.15) is 18.4 Å². The maximum absolute atomic E-state index is 11.6. The van der Waals surface area contributed by atoms with Gasteiger partial charge in [0.2, 0.25) is 5.91 Å². The number of carboxylic acid groups (broad SMARTS) is 1. The molecule has 1 aromatic heterocycles. The van der Waals surface area contributed by atoms with E-state index in [9.17, 15) is 14.7 Å². The Hall–Kier alpha value is -3.11. The third-order valence-corrected chi connectivity index (χ3v) is 3.71. The Morgan fingerprint density at radius 1 is 1.43 bits per heavy atom. The molecule has 0 saturated carbocycles. The Morgan fingerprint density at radius 2 is 2.22 bits per heavy atom. The minimum Gasteiger partial charge on any atom is -0.464 e. The van der Waals surface area contributed by atoms with E-state index in [4.69, 9.17) is 10.00 Å². The molecule has 7 heteroatoms. The van der Waals surface area contributed by atoms with E-state index in [1.165, 1.54) is 6.07 Å². The highest BCUT2D eigenvalue weighted by atomic mass is 16.5. The van der Waals surface area contributed by atoms with E-state index in [0.29, 0.717) is 16.9 Å². The lowest BCUT2D eigenvalue weighted by molar-refractivity contribution is -0.121. The van der Waals surface area contributed by atoms with E-state index >= 15 is 0 Å². The first-order chi connectivity index (χ1) is 11.0. The second-order valence-corrected chi connectivity index (χ2v) is 5.14. The highest BCUT2D eigenvalue weighted by Gasteiger charge is 2.21. The van der Waals surface area contributed by atoms with Gasteiger partial charge in [-0.25, -0.2) is 9.36 Å². The molecule has 116 valence electrons. The lowest BCUT2D eigenvalue weighted by atomic mass is 10.0. The predicted octanol–water partition coefficient (Wildman–Crippen LogP) is 2.58. The summed E-state index contributed by atoms with van der Waals surface area (Å²) in [6.07, 6.45) is -1.54. The van der Waals surface area contributed by atoms with Crippen molar-refractivity contribution in [2.75, 3.05) is 11.9 Å². The molecule has 2 aromatic rings. The van der Waals surface area contributed by atoms with Gasteiger partial charge in [0.05, 0.1) is 11.8 Å². The molecule has 3 rings (SSSR count). The lowest BCUT2D eigenvalue weighted by Crippen LogP contribution is -2.15. The number of benzene rings is 1. The van der Waals surface area contributed by atoms with Crippen LogP contribution in [0.5, 0.6) is 0 Å². The van der Waals surface area contributed by atoms with E-state index < -0.39 is 6.09 Å². The van der Waals surface area contributed by atoms with Crippen molar-refractivity contribution in [2.45, 2.75) is 13.0 Å². The molecule has 1 atom stereocenters. The third kappa shape index (κ3) is 2.56. The topological polar surface area (TPSA) is 104 Å². The zero-order valence-corrected chi connectivity index (χ0v) is 12.2. The van der Waals surface area contributed by atoms with Crippen LogP contribution in [0.25, 0.3) is 11.3 Å². The van der Waals surface area contributed by atoms with E-state index in [0.717, 1.165) is 10.1 Å². The minimum atomic E-state index is -1.23. The van der Waals surface area contributed by atoms with Crippen LogP contribution in [0.1, 0.15) is 24.3 Å². The number of nitrogens with one attached hydrogen (secondary N) is 1. The van der Waals surface area contributed by atoms with Gasteiger partial charge in [-0.2, -0.15) is 5.26 Å². The van der Waals surface area contributed by atoms with Crippen LogP contribution in [0.15, 0.2) is 30.3 Å². The quantitative estimate of drug-likeness (QED) is 0.842. The van der Waals surface area contributed by atoms with Crippen LogP contribution < -0.4 is 5.32 Å². The molecule has 1 aliphatic heterocycles. The van der Waals surface area contributed by atoms with Crippen LogP contribution in [-0.2, 0) is 9.53 Å². The summed E-state index contributed by atoms with van der Waals surface area (Å²) >= 11 is 0. The van der Waals surface area contributed by atoms with E-state index in [-0.39, 0.29) is 24.3 Å². The van der Waals surface area contributed by atoms with Gasteiger partial charge in [0.25, 0.3) is 0 Å². The smallest absolute Gasteiger partial charge is 0.417 e. The van der Waals surface area contributed by atoms with Crippen LogP contribution in [-0.4, -0.2) is 28.3 Å². The van der Waals surface area contributed by atoms with E-state index in [1.807, 2.05) is 13.0 Å². The van der Waals surface area contributed by atoms with Gasteiger partial charge < -0.3 is 15.2 Å². The Balaban J connectivity index is 2.13. The van der Waals surface area contributed by atoms with Crippen molar-refractivity contribution in [3.05, 3.63) is 41.6 Å². The van der Waals surface area contributed by atoms with Gasteiger partial charge in [-0.15, -0.1) is 0 Å². The summed E-state index contributed by atoms with van der Waals surface area (Å²) in [7, 11) is 0. The van der Waals surface area contributed by atoms with Gasteiger partial charge in [-0.05, 0) is 36.8 Å². The number of amides is 1. The maximum atomic E-state index is 11.6. The number of nitriles is 1. The van der Waals surface area contributed by atoms with Crippen molar-refractivity contribution in [1.29, 1.82) is 5.26 Å². The number of hydrogen-bond donors (Lipinski definition) is 2. The minimum absolute atomic E-state index is 0.0325. The van der Waals surface area contributed by atoms with E-state index in [1.54, 1.807) is 24.3 Å². The molecule has 0 fully saturated rings. The number of aromatic nitrogens is 1. The molecule has 0 spiro atoms. The third-order valence-electron chi connectivity index (χ3n) is 3.71. The molecule has 2 heterocycles. The fourth-order valence-corrected chi connectivity index (χ4v) is 2.60. The Kier molecular flexibility index (Phi) is 3.60. The van der Waals surface area contributed by atoms with Crippen molar-refractivity contribution in [2.24, 2.45) is 0 Å². The molecule has 0 bridgehead atoms. The Labute approximate surface area is 131 Å². The number of ether oxygens (including phenoxy) is 1. The van der Waals surface area contributed by atoms with Gasteiger partial charge in [0.15, 0.2) is 0 Å². The first kappa shape index (κ1) is 14.8. The van der Waals surface area contributed by atoms with Crippen LogP contribution in [0.3, 0.4) is 0 Å². The predicted molar refractivity (Wildman–Crippen MR) is 81.0 cm³/mol. The standard InChI is InChI=1S/C16H13N3O4/c1-9-12-6-10(2-4-13(12)18-15(20)8-23-9)14-5-3-11(7-17)19(14)16(21)22/h2-6,9H,8H2,1H3,(H,18,20)(H,21,22). The number of fused-ring (bicyclic) bond motifs is 1. The molecule has 0 aliphatic carbocycles. The summed E-state index contributed by atoms with van der Waals surface area (Å²) in [6.45, 7) is 1.79. The van der Waals surface area contributed by atoms with Gasteiger partial charge >= 0.3 is 6.09 Å². The first-order valence-electron chi connectivity index (χ1n) is 6.92. The number of carbonyl (C=O) groups is 2. The average Bonchev–Trinajstić information content (AvgIpc) is 2.91. The Bertz CT molecular complexity index is 847. The number of rotatable bonds is 1. The normalized spacial score (nSPS) is 16.9. The summed E-state index contributed by atoms with van der Waals surface area (Å²) in [6, 6.07) is 10.1. The summed E-state index contributed by atoms with van der Waals surface area (Å²) in [5.41, 5.74) is 2.45. The van der Waals surface area contributed by atoms with Crippen molar-refractivity contribution in [1.82, 2.24) is 4.57 Å². The number of carbonyl (C=O) groups excluding carboxylic acids is 1. The summed E-state index contributed by atoms with van der Waals surface area (Å²) in [5.74, 6) is -0.232. The molecule has 1 unspecified atom stereocenters. The number of anilines is 1. The largest absolute Gasteiger partial charge is 0.464 e. The van der Waals surface area contributed by atoms with Gasteiger partial charge in [-0.1, -0.05) is 6.07 Å². The van der Waals surface area contributed by atoms with Gasteiger partial charge in [0, 0.05) is 11.3 Å². The molecular weight excluding hydrogens is 298 g/mol. The van der Waals surface area contributed by atoms with E-state index in [2.05, 4.69) is 5.32 Å². The van der Waals surface area contributed by atoms with Crippen LogP contribution in [0.2, 0.25) is 0 Å². The van der Waals surface area contributed by atoms with Gasteiger partial charge in [-0.3, -0.25) is 4.79 Å². The average molecular weight is 311 g/mol. The maximum Gasteiger partial charge on any atom is 0.417 e. The SMILES string of the molecule is CC1OCC(=O)Nc2ccc(-c3ccc(C#N)n3C(=O)O)cc21. The molecule has 1 aromatic carbocycles. The summed E-state index contributed by atoms with van der Waals surface area (Å²) in [5, 5.41) is 21.1. The van der Waals surface area contributed by atoms with Crippen LogP contribution >= 0.6 is 0 Å². The zero-order chi connectivity index (χ0) is 16.6. The second-order valence-electron chi connectivity index (χ2n) is 5.14. The fraction of sp³-hybridized carbons (Fsp3) is 0.188. The Morgan fingerprint density at radius 3 is 2.91 bits per heavy atom. The number of hydrogen-bond acceptors (Lipinski definition) is 4. The zero-order valence-electron chi connectivity index (χ0n) is 12.2. The van der Waals surface area contributed by atoms with Crippen molar-refractivity contribution in [3.63, 3.8) is 0 Å². The molecule has 0 saturated heterocycles. The summed E-state index contributed by atoms with van der Waals surface area (Å²) in [4.78, 5) is 23.0. The highest BCUT2D eigenvalue weighted by molar-refractivity contribution is 5.93. The van der Waals surface area contributed by atoms with Crippen LogP contribution in [0, 0.1) is 11.3 Å². The lowest BCUT2D eigenvalue weighted by Gasteiger charge is -2.14. The van der Waals surface area contributed by atoms with Crippen LogP contribution in [0.4, 0.5) is 10.5 Å². The summed E-state index contributed by atoms with van der Waals surface area (Å²) < 4.78 is 6.38. The highest BCUT2D eigenvalue weighted by Crippen LogP contribution is 2.33. The molecule has 0 radical (unpaired) electrons. The van der Waals surface area contributed by atoms with Crippen molar-refractivity contribution < 1.29 is 19.4 Å². The molecule has 2 N–H and O–H groups in total. The number of nitrogens with zero attached hydrogens (tertiary/aromatic N) is 2. The monoisotopic (exact) mass is 311 g/mol. The molecule has 7 nitrogen and oxygen atoms in total. The molecule has 1 amide bonds. The molecule has 1 aliphatic rings. The fourth-order valence-electron chi connectivity index (χ4n) is 2.60. The first-order valence-corrected chi connectivity index (χ1v) is 6.92. The van der Waals surface area contributed by atoms with Crippen molar-refractivity contribution in [3.8, 4) is 17.3 Å². The molecular formula is C16H13N3O4. The van der Waals surface area contributed by atoms with Crippen molar-refractivity contribution >= 4 is 17.7 Å². The second kappa shape index (κ2) is 5.59.